The number of hydrogen-bond acceptors (Lipinski definition) is 4. The van der Waals surface area contributed by atoms with Gasteiger partial charge in [-0.25, -0.2) is 4.68 Å². The van der Waals surface area contributed by atoms with Gasteiger partial charge in [-0.05, 0) is 0 Å². The molecule has 0 bridgehead atoms. The van der Waals surface area contributed by atoms with Crippen LogP contribution >= 0.6 is 11.6 Å². The lowest BCUT2D eigenvalue weighted by atomic mass is 10.2. The second-order valence-corrected chi connectivity index (χ2v) is 3.37. The molecule has 2 rings (SSSR count). The van der Waals surface area contributed by atoms with Crippen LogP contribution in [0.1, 0.15) is 5.56 Å². The number of H-pyrrole nitrogens is 1. The molecule has 0 radical (unpaired) electrons. The van der Waals surface area contributed by atoms with Crippen LogP contribution in [0.5, 0.6) is 0 Å². The number of nitrogen functional groups attached to an aromatic ring is 1. The fourth-order valence-electron chi connectivity index (χ4n) is 1.35. The highest BCUT2D eigenvalue weighted by Crippen LogP contribution is 2.25. The molecule has 2 heterocycles. The van der Waals surface area contributed by atoms with Crippen molar-refractivity contribution in [2.45, 2.75) is 0 Å². The van der Waals surface area contributed by atoms with Crippen LogP contribution in [0.25, 0.3) is 11.0 Å². The van der Waals surface area contributed by atoms with E-state index < -0.39 is 5.56 Å². The zero-order valence-electron chi connectivity index (χ0n) is 7.71. The largest absolute Gasteiger partial charge is 0.384 e. The lowest BCUT2D eigenvalue weighted by molar-refractivity contribution is 0.723. The summed E-state index contributed by atoms with van der Waals surface area (Å²) >= 11 is 5.83. The Morgan fingerprint density at radius 3 is 2.93 bits per heavy atom. The van der Waals surface area contributed by atoms with E-state index in [-0.39, 0.29) is 21.8 Å². The first-order valence-corrected chi connectivity index (χ1v) is 4.38. The molecule has 0 aliphatic heterocycles. The van der Waals surface area contributed by atoms with E-state index >= 15 is 0 Å². The number of anilines is 1. The number of fused-ring (bicyclic) bond motifs is 1. The molecule has 0 amide bonds. The number of aromatic amines is 1. The third-order valence-corrected chi connectivity index (χ3v) is 2.42. The van der Waals surface area contributed by atoms with E-state index in [9.17, 15) is 4.79 Å². The van der Waals surface area contributed by atoms with E-state index in [1.807, 2.05) is 6.07 Å². The predicted molar refractivity (Wildman–Crippen MR) is 55.5 cm³/mol. The maximum atomic E-state index is 11.5. The molecule has 6 nitrogen and oxygen atoms in total. The van der Waals surface area contributed by atoms with Crippen molar-refractivity contribution in [1.82, 2.24) is 14.8 Å². The van der Waals surface area contributed by atoms with Crippen LogP contribution < -0.4 is 11.3 Å². The van der Waals surface area contributed by atoms with Crippen molar-refractivity contribution >= 4 is 28.5 Å². The van der Waals surface area contributed by atoms with Gasteiger partial charge < -0.3 is 10.7 Å². The van der Waals surface area contributed by atoms with E-state index in [4.69, 9.17) is 22.6 Å². The van der Waals surface area contributed by atoms with Crippen molar-refractivity contribution < 1.29 is 0 Å². The summed E-state index contributed by atoms with van der Waals surface area (Å²) in [5, 5.41) is 13.0. The fourth-order valence-corrected chi connectivity index (χ4v) is 1.66. The van der Waals surface area contributed by atoms with E-state index in [1.54, 1.807) is 0 Å². The minimum Gasteiger partial charge on any atom is -0.384 e. The lowest BCUT2D eigenvalue weighted by Gasteiger charge is -1.97. The molecule has 3 N–H and O–H groups in total. The molecular formula is C8H6ClN5O. The Balaban J connectivity index is 3.09. The summed E-state index contributed by atoms with van der Waals surface area (Å²) in [6.07, 6.45) is 0. The predicted octanol–water partition coefficient (Wildman–Crippen LogP) is 0.369. The Kier molecular flexibility index (Phi) is 1.91. The summed E-state index contributed by atoms with van der Waals surface area (Å²) in [6.45, 7) is 0. The molecule has 0 aliphatic carbocycles. The van der Waals surface area contributed by atoms with Crippen molar-refractivity contribution in [2.75, 3.05) is 5.73 Å². The van der Waals surface area contributed by atoms with Gasteiger partial charge in [-0.15, -0.1) is 0 Å². The molecule has 0 saturated carbocycles. The van der Waals surface area contributed by atoms with Gasteiger partial charge in [0.15, 0.2) is 5.65 Å². The number of halogens is 1. The monoisotopic (exact) mass is 223 g/mol. The van der Waals surface area contributed by atoms with Gasteiger partial charge in [0.25, 0.3) is 5.56 Å². The van der Waals surface area contributed by atoms with Gasteiger partial charge in [-0.2, -0.15) is 10.4 Å². The number of aryl methyl sites for hydroxylation is 1. The molecule has 0 atom stereocenters. The fraction of sp³-hybridized carbons (Fsp3) is 0.125. The van der Waals surface area contributed by atoms with Crippen molar-refractivity contribution in [3.05, 3.63) is 20.9 Å². The number of hydrogen-bond donors (Lipinski definition) is 2. The number of nitrogens with two attached hydrogens (primary N) is 1. The van der Waals surface area contributed by atoms with Gasteiger partial charge in [0.05, 0.1) is 5.39 Å². The molecule has 7 heteroatoms. The van der Waals surface area contributed by atoms with Gasteiger partial charge in [-0.3, -0.25) is 4.79 Å². The summed E-state index contributed by atoms with van der Waals surface area (Å²) in [7, 11) is 1.47. The minimum atomic E-state index is -0.459. The number of nitrogens with one attached hydrogen (secondary N) is 1. The topological polar surface area (TPSA) is 100 Å². The molecule has 0 fully saturated rings. The molecule has 0 aliphatic rings. The van der Waals surface area contributed by atoms with Crippen molar-refractivity contribution in [3.8, 4) is 6.07 Å². The highest BCUT2D eigenvalue weighted by Gasteiger charge is 2.16. The van der Waals surface area contributed by atoms with Crippen LogP contribution in [0.15, 0.2) is 4.79 Å². The number of aromatic nitrogens is 3. The Labute approximate surface area is 88.9 Å². The van der Waals surface area contributed by atoms with Crippen LogP contribution in [-0.2, 0) is 7.05 Å². The molecular weight excluding hydrogens is 218 g/mol. The molecule has 0 unspecified atom stereocenters. The van der Waals surface area contributed by atoms with Crippen molar-refractivity contribution in [2.24, 2.45) is 7.05 Å². The van der Waals surface area contributed by atoms with Crippen LogP contribution in [0.2, 0.25) is 5.02 Å². The van der Waals surface area contributed by atoms with Crippen LogP contribution in [-0.4, -0.2) is 14.8 Å². The molecule has 15 heavy (non-hydrogen) atoms. The highest BCUT2D eigenvalue weighted by molar-refractivity contribution is 6.35. The molecule has 0 saturated heterocycles. The molecule has 2 aromatic heterocycles. The van der Waals surface area contributed by atoms with E-state index in [1.165, 1.54) is 7.05 Å². The molecule has 0 spiro atoms. The minimum absolute atomic E-state index is 0.0491. The van der Waals surface area contributed by atoms with Crippen molar-refractivity contribution in [1.29, 1.82) is 5.26 Å². The first-order valence-electron chi connectivity index (χ1n) is 4.00. The van der Waals surface area contributed by atoms with Gasteiger partial charge in [0.1, 0.15) is 22.5 Å². The smallest absolute Gasteiger partial charge is 0.286 e. The second-order valence-electron chi connectivity index (χ2n) is 2.99. The van der Waals surface area contributed by atoms with Crippen molar-refractivity contribution in [3.63, 3.8) is 0 Å². The van der Waals surface area contributed by atoms with Gasteiger partial charge in [-0.1, -0.05) is 11.6 Å². The van der Waals surface area contributed by atoms with Gasteiger partial charge >= 0.3 is 0 Å². The van der Waals surface area contributed by atoms with Gasteiger partial charge in [0, 0.05) is 7.05 Å². The standard InChI is InChI=1S/C8H6ClN5O/c1-14-8(15)5(9)4-3(2-10)6(11)12-7(4)13-14/h11H2,1H3,(H,12,13). The highest BCUT2D eigenvalue weighted by atomic mass is 35.5. The zero-order chi connectivity index (χ0) is 11.2. The summed E-state index contributed by atoms with van der Waals surface area (Å²) in [6, 6.07) is 1.88. The first kappa shape index (κ1) is 9.55. The third-order valence-electron chi connectivity index (χ3n) is 2.07. The summed E-state index contributed by atoms with van der Waals surface area (Å²) in [4.78, 5) is 14.2. The number of nitrogens with zero attached hydrogens (tertiary/aromatic N) is 3. The maximum Gasteiger partial charge on any atom is 0.286 e. The second kappa shape index (κ2) is 3.00. The van der Waals surface area contributed by atoms with Gasteiger partial charge in [0.2, 0.25) is 0 Å². The Bertz CT molecular complexity index is 648. The third kappa shape index (κ3) is 1.17. The van der Waals surface area contributed by atoms with Crippen LogP contribution in [0.4, 0.5) is 5.82 Å². The average molecular weight is 224 g/mol. The molecule has 2 aromatic rings. The van der Waals surface area contributed by atoms with Crippen LogP contribution in [0, 0.1) is 11.3 Å². The number of rotatable bonds is 0. The lowest BCUT2D eigenvalue weighted by Crippen LogP contribution is -2.19. The summed E-state index contributed by atoms with van der Waals surface area (Å²) in [5.74, 6) is 0.160. The average Bonchev–Trinajstić information content (AvgIpc) is 2.50. The molecule has 76 valence electrons. The van der Waals surface area contributed by atoms with E-state index in [2.05, 4.69) is 10.1 Å². The Morgan fingerprint density at radius 1 is 1.67 bits per heavy atom. The zero-order valence-corrected chi connectivity index (χ0v) is 8.46. The van der Waals surface area contributed by atoms with E-state index in [0.717, 1.165) is 4.68 Å². The number of nitriles is 1. The first-order chi connectivity index (χ1) is 7.06. The van der Waals surface area contributed by atoms with Crippen LogP contribution in [0.3, 0.4) is 0 Å². The Morgan fingerprint density at radius 2 is 2.33 bits per heavy atom. The molecule has 0 aromatic carbocycles. The van der Waals surface area contributed by atoms with E-state index in [0.29, 0.717) is 5.65 Å². The summed E-state index contributed by atoms with van der Waals surface area (Å²) in [5.41, 5.74) is 5.57. The normalized spacial score (nSPS) is 10.5. The quantitative estimate of drug-likeness (QED) is 0.674. The maximum absolute atomic E-state index is 11.5. The SMILES string of the molecule is Cn1nc2[nH]c(N)c(C#N)c2c(Cl)c1=O. The summed E-state index contributed by atoms with van der Waals surface area (Å²) < 4.78 is 1.09. The Hall–Kier alpha value is -2.00.